The molecule has 1 aromatic carbocycles. The highest BCUT2D eigenvalue weighted by Gasteiger charge is 2.15. The summed E-state index contributed by atoms with van der Waals surface area (Å²) < 4.78 is 10.8. The third kappa shape index (κ3) is 7.12. The van der Waals surface area contributed by atoms with Crippen LogP contribution in [-0.4, -0.2) is 45.0 Å². The van der Waals surface area contributed by atoms with E-state index in [-0.39, 0.29) is 12.6 Å². The molecule has 6 nitrogen and oxygen atoms in total. The molecule has 0 aromatic heterocycles. The summed E-state index contributed by atoms with van der Waals surface area (Å²) in [5.74, 6) is 2.78. The molecule has 0 saturated heterocycles. The van der Waals surface area contributed by atoms with Gasteiger partial charge in [0.05, 0.1) is 20.3 Å². The fourth-order valence-electron chi connectivity index (χ4n) is 2.92. The predicted octanol–water partition coefficient (Wildman–Crippen LogP) is 3.12. The van der Waals surface area contributed by atoms with E-state index in [1.807, 2.05) is 25.1 Å². The van der Waals surface area contributed by atoms with Crippen LogP contribution in [0.2, 0.25) is 0 Å². The van der Waals surface area contributed by atoms with Crippen molar-refractivity contribution in [1.29, 1.82) is 0 Å². The second-order valence-corrected chi connectivity index (χ2v) is 6.36. The lowest BCUT2D eigenvalue weighted by atomic mass is 10.0. The molecule has 0 amide bonds. The Labute approximate surface area is 158 Å². The molecule has 0 aliphatic heterocycles. The number of hydrogen-bond donors (Lipinski definition) is 3. The van der Waals surface area contributed by atoms with E-state index in [2.05, 4.69) is 24.5 Å². The Hall–Kier alpha value is -1.95. The summed E-state index contributed by atoms with van der Waals surface area (Å²) in [6.45, 7) is 7.97. The summed E-state index contributed by atoms with van der Waals surface area (Å²) in [5.41, 5.74) is 1.01. The molecule has 2 atom stereocenters. The Morgan fingerprint density at radius 3 is 2.54 bits per heavy atom. The summed E-state index contributed by atoms with van der Waals surface area (Å²) >= 11 is 0. The van der Waals surface area contributed by atoms with Crippen LogP contribution in [0.15, 0.2) is 23.2 Å². The average Bonchev–Trinajstić information content (AvgIpc) is 2.65. The van der Waals surface area contributed by atoms with Crippen molar-refractivity contribution in [3.8, 4) is 11.5 Å². The molecule has 0 fully saturated rings. The maximum atomic E-state index is 9.23. The summed E-state index contributed by atoms with van der Waals surface area (Å²) in [6, 6.07) is 5.78. The van der Waals surface area contributed by atoms with Gasteiger partial charge in [-0.3, -0.25) is 4.99 Å². The van der Waals surface area contributed by atoms with Crippen molar-refractivity contribution in [2.75, 3.05) is 33.9 Å². The largest absolute Gasteiger partial charge is 0.497 e. The van der Waals surface area contributed by atoms with E-state index in [9.17, 15) is 5.11 Å². The Kier molecular flexibility index (Phi) is 10.5. The maximum Gasteiger partial charge on any atom is 0.191 e. The van der Waals surface area contributed by atoms with E-state index in [0.29, 0.717) is 12.5 Å². The number of nitrogens with zero attached hydrogens (tertiary/aromatic N) is 1. The molecule has 0 radical (unpaired) electrons. The fourth-order valence-corrected chi connectivity index (χ4v) is 2.92. The number of methoxy groups -OCH3 is 2. The van der Waals surface area contributed by atoms with E-state index >= 15 is 0 Å². The van der Waals surface area contributed by atoms with Gasteiger partial charge in [0, 0.05) is 25.3 Å². The van der Waals surface area contributed by atoms with Crippen molar-refractivity contribution in [2.45, 2.75) is 46.1 Å². The molecular weight excluding hydrogens is 330 g/mol. The van der Waals surface area contributed by atoms with Crippen molar-refractivity contribution >= 4 is 5.96 Å². The third-order valence-corrected chi connectivity index (χ3v) is 4.34. The molecular formula is C20H35N3O3. The van der Waals surface area contributed by atoms with Gasteiger partial charge in [0.15, 0.2) is 5.96 Å². The highest BCUT2D eigenvalue weighted by atomic mass is 16.5. The van der Waals surface area contributed by atoms with Crippen LogP contribution in [0.4, 0.5) is 0 Å². The molecule has 1 aromatic rings. The second-order valence-electron chi connectivity index (χ2n) is 6.36. The van der Waals surface area contributed by atoms with Crippen molar-refractivity contribution in [3.63, 3.8) is 0 Å². The number of aliphatic imine (C=N–C) groups is 1. The zero-order valence-electron chi connectivity index (χ0n) is 16.8. The summed E-state index contributed by atoms with van der Waals surface area (Å²) in [6.07, 6.45) is 2.96. The first-order valence-electron chi connectivity index (χ1n) is 9.47. The first-order chi connectivity index (χ1) is 12.6. The van der Waals surface area contributed by atoms with Crippen LogP contribution in [0.5, 0.6) is 11.5 Å². The summed E-state index contributed by atoms with van der Waals surface area (Å²) in [4.78, 5) is 4.73. The lowest BCUT2D eigenvalue weighted by molar-refractivity contribution is 0.253. The Morgan fingerprint density at radius 1 is 1.19 bits per heavy atom. The highest BCUT2D eigenvalue weighted by Crippen LogP contribution is 2.29. The molecule has 26 heavy (non-hydrogen) atoms. The maximum absolute atomic E-state index is 9.23. The molecule has 0 saturated carbocycles. The smallest absolute Gasteiger partial charge is 0.191 e. The monoisotopic (exact) mass is 365 g/mol. The number of hydrogen-bond acceptors (Lipinski definition) is 4. The van der Waals surface area contributed by atoms with Gasteiger partial charge in [-0.1, -0.05) is 13.3 Å². The van der Waals surface area contributed by atoms with Crippen LogP contribution in [0.3, 0.4) is 0 Å². The van der Waals surface area contributed by atoms with Crippen LogP contribution in [0, 0.1) is 5.92 Å². The van der Waals surface area contributed by atoms with Crippen molar-refractivity contribution < 1.29 is 14.6 Å². The molecule has 3 N–H and O–H groups in total. The van der Waals surface area contributed by atoms with Gasteiger partial charge >= 0.3 is 0 Å². The molecule has 1 rings (SSSR count). The quantitative estimate of drug-likeness (QED) is 0.415. The lowest BCUT2D eigenvalue weighted by Crippen LogP contribution is -2.39. The Balaban J connectivity index is 2.90. The number of ether oxygens (including phenoxy) is 2. The average molecular weight is 366 g/mol. The van der Waals surface area contributed by atoms with Crippen LogP contribution < -0.4 is 20.1 Å². The van der Waals surface area contributed by atoms with Crippen LogP contribution >= 0.6 is 0 Å². The third-order valence-electron chi connectivity index (χ3n) is 4.34. The summed E-state index contributed by atoms with van der Waals surface area (Å²) in [5, 5.41) is 16.0. The zero-order chi connectivity index (χ0) is 19.4. The van der Waals surface area contributed by atoms with E-state index in [4.69, 9.17) is 14.5 Å². The van der Waals surface area contributed by atoms with Gasteiger partial charge in [0.25, 0.3) is 0 Å². The number of nitrogens with one attached hydrogen (secondary N) is 2. The van der Waals surface area contributed by atoms with E-state index in [0.717, 1.165) is 48.8 Å². The van der Waals surface area contributed by atoms with Crippen LogP contribution in [-0.2, 0) is 0 Å². The first-order valence-corrected chi connectivity index (χ1v) is 9.47. The van der Waals surface area contributed by atoms with Crippen LogP contribution in [0.25, 0.3) is 0 Å². The topological polar surface area (TPSA) is 75.1 Å². The molecule has 148 valence electrons. The molecule has 0 spiro atoms. The standard InChI is InChI=1S/C20H35N3O3/c1-6-8-16(11-12-24)14-22-20(21-7-2)23-15(3)18-13-17(25-4)9-10-19(18)26-5/h9-10,13,15-16,24H,6-8,11-12,14H2,1-5H3,(H2,21,22,23). The fraction of sp³-hybridized carbons (Fsp3) is 0.650. The minimum Gasteiger partial charge on any atom is -0.497 e. The molecule has 0 heterocycles. The highest BCUT2D eigenvalue weighted by molar-refractivity contribution is 5.80. The number of aliphatic hydroxyl groups is 1. The van der Waals surface area contributed by atoms with Gasteiger partial charge < -0.3 is 25.2 Å². The SMILES string of the molecule is CCCC(CCO)CN=C(NCC)NC(C)c1cc(OC)ccc1OC. The zero-order valence-corrected chi connectivity index (χ0v) is 16.8. The molecule has 2 unspecified atom stereocenters. The minimum atomic E-state index is 0.000293. The minimum absolute atomic E-state index is 0.000293. The lowest BCUT2D eigenvalue weighted by Gasteiger charge is -2.21. The van der Waals surface area contributed by atoms with Crippen molar-refractivity contribution in [1.82, 2.24) is 10.6 Å². The number of aliphatic hydroxyl groups excluding tert-OH is 1. The van der Waals surface area contributed by atoms with E-state index in [1.54, 1.807) is 14.2 Å². The molecule has 0 aliphatic rings. The normalized spacial score (nSPS) is 13.8. The van der Waals surface area contributed by atoms with Crippen molar-refractivity contribution in [2.24, 2.45) is 10.9 Å². The molecule has 0 aliphatic carbocycles. The van der Waals surface area contributed by atoms with Gasteiger partial charge in [0.2, 0.25) is 0 Å². The van der Waals surface area contributed by atoms with Gasteiger partial charge in [0.1, 0.15) is 11.5 Å². The van der Waals surface area contributed by atoms with Gasteiger partial charge in [-0.05, 0) is 50.8 Å². The first kappa shape index (κ1) is 22.1. The van der Waals surface area contributed by atoms with Gasteiger partial charge in [-0.2, -0.15) is 0 Å². The summed E-state index contributed by atoms with van der Waals surface area (Å²) in [7, 11) is 3.33. The molecule has 6 heteroatoms. The van der Waals surface area contributed by atoms with E-state index in [1.165, 1.54) is 0 Å². The number of guanidine groups is 1. The van der Waals surface area contributed by atoms with Gasteiger partial charge in [-0.15, -0.1) is 0 Å². The predicted molar refractivity (Wildman–Crippen MR) is 107 cm³/mol. The number of rotatable bonds is 11. The van der Waals surface area contributed by atoms with Crippen molar-refractivity contribution in [3.05, 3.63) is 23.8 Å². The molecule has 0 bridgehead atoms. The van der Waals surface area contributed by atoms with Gasteiger partial charge in [-0.25, -0.2) is 0 Å². The van der Waals surface area contributed by atoms with E-state index < -0.39 is 0 Å². The van der Waals surface area contributed by atoms with Crippen LogP contribution in [0.1, 0.15) is 51.6 Å². The second kappa shape index (κ2) is 12.4. The number of benzene rings is 1. The Bertz CT molecular complexity index is 543. The Morgan fingerprint density at radius 2 is 1.96 bits per heavy atom.